The van der Waals surface area contributed by atoms with Gasteiger partial charge >= 0.3 is 0 Å². The number of hydrogen-bond acceptors (Lipinski definition) is 4. The number of rotatable bonds is 7. The van der Waals surface area contributed by atoms with Crippen molar-refractivity contribution in [2.75, 3.05) is 39.3 Å². The van der Waals surface area contributed by atoms with Crippen molar-refractivity contribution in [2.45, 2.75) is 0 Å². The predicted molar refractivity (Wildman–Crippen MR) is 71.2 cm³/mol. The van der Waals surface area contributed by atoms with Crippen molar-refractivity contribution in [2.24, 2.45) is 0 Å². The number of carbonyl (C=O) groups excluding carboxylic acids is 2. The van der Waals surface area contributed by atoms with Crippen LogP contribution in [0.15, 0.2) is 24.3 Å². The lowest BCUT2D eigenvalue weighted by Gasteiger charge is -2.07. The van der Waals surface area contributed by atoms with Crippen molar-refractivity contribution >= 4 is 17.5 Å². The summed E-state index contributed by atoms with van der Waals surface area (Å²) in [5, 5.41) is 5.19. The number of benzene rings is 1. The van der Waals surface area contributed by atoms with Crippen LogP contribution in [0.5, 0.6) is 0 Å². The van der Waals surface area contributed by atoms with E-state index in [1.54, 1.807) is 38.4 Å². The van der Waals surface area contributed by atoms with Gasteiger partial charge in [0, 0.05) is 25.4 Å². The SMILES string of the molecule is CNC(=O)c1ccc(NC(=O)COCCOC)cc1. The van der Waals surface area contributed by atoms with E-state index in [1.165, 1.54) is 0 Å². The monoisotopic (exact) mass is 266 g/mol. The van der Waals surface area contributed by atoms with Crippen LogP contribution in [-0.4, -0.2) is 45.8 Å². The number of ether oxygens (including phenoxy) is 2. The third-order valence-electron chi connectivity index (χ3n) is 2.32. The fraction of sp³-hybridized carbons (Fsp3) is 0.385. The molecular formula is C13H18N2O4. The van der Waals surface area contributed by atoms with E-state index in [2.05, 4.69) is 10.6 Å². The van der Waals surface area contributed by atoms with Gasteiger partial charge in [-0.05, 0) is 24.3 Å². The molecule has 6 nitrogen and oxygen atoms in total. The molecular weight excluding hydrogens is 248 g/mol. The van der Waals surface area contributed by atoms with E-state index < -0.39 is 0 Å². The second-order valence-corrected chi connectivity index (χ2v) is 3.75. The molecule has 1 rings (SSSR count). The molecule has 19 heavy (non-hydrogen) atoms. The Morgan fingerprint density at radius 2 is 1.84 bits per heavy atom. The van der Waals surface area contributed by atoms with E-state index in [-0.39, 0.29) is 18.4 Å². The van der Waals surface area contributed by atoms with Gasteiger partial charge in [0.25, 0.3) is 5.91 Å². The maximum atomic E-state index is 11.5. The summed E-state index contributed by atoms with van der Waals surface area (Å²) in [6.45, 7) is 0.800. The van der Waals surface area contributed by atoms with Gasteiger partial charge in [-0.3, -0.25) is 9.59 Å². The smallest absolute Gasteiger partial charge is 0.251 e. The summed E-state index contributed by atoms with van der Waals surface area (Å²) < 4.78 is 9.88. The van der Waals surface area contributed by atoms with Crippen LogP contribution in [0, 0.1) is 0 Å². The molecule has 0 heterocycles. The molecule has 104 valence electrons. The van der Waals surface area contributed by atoms with Crippen molar-refractivity contribution in [3.63, 3.8) is 0 Å². The first kappa shape index (κ1) is 15.1. The van der Waals surface area contributed by atoms with E-state index in [0.717, 1.165) is 0 Å². The highest BCUT2D eigenvalue weighted by Crippen LogP contribution is 2.09. The lowest BCUT2D eigenvalue weighted by molar-refractivity contribution is -0.121. The van der Waals surface area contributed by atoms with Crippen LogP contribution in [-0.2, 0) is 14.3 Å². The molecule has 1 aromatic rings. The van der Waals surface area contributed by atoms with Gasteiger partial charge in [-0.25, -0.2) is 0 Å². The van der Waals surface area contributed by atoms with E-state index >= 15 is 0 Å². The van der Waals surface area contributed by atoms with Crippen molar-refractivity contribution in [1.29, 1.82) is 0 Å². The van der Waals surface area contributed by atoms with Crippen molar-refractivity contribution in [3.05, 3.63) is 29.8 Å². The van der Waals surface area contributed by atoms with Gasteiger partial charge in [0.05, 0.1) is 13.2 Å². The quantitative estimate of drug-likeness (QED) is 0.710. The zero-order chi connectivity index (χ0) is 14.1. The minimum Gasteiger partial charge on any atom is -0.382 e. The predicted octanol–water partition coefficient (Wildman–Crippen LogP) is 0.648. The third-order valence-corrected chi connectivity index (χ3v) is 2.32. The van der Waals surface area contributed by atoms with Crippen LogP contribution in [0.3, 0.4) is 0 Å². The molecule has 2 amide bonds. The zero-order valence-corrected chi connectivity index (χ0v) is 11.1. The normalized spacial score (nSPS) is 10.0. The number of amides is 2. The topological polar surface area (TPSA) is 76.7 Å². The number of nitrogens with one attached hydrogen (secondary N) is 2. The molecule has 0 fully saturated rings. The maximum absolute atomic E-state index is 11.5. The number of hydrogen-bond donors (Lipinski definition) is 2. The second kappa shape index (κ2) is 8.23. The lowest BCUT2D eigenvalue weighted by atomic mass is 10.2. The summed E-state index contributed by atoms with van der Waals surface area (Å²) >= 11 is 0. The van der Waals surface area contributed by atoms with E-state index in [1.807, 2.05) is 0 Å². The lowest BCUT2D eigenvalue weighted by Crippen LogP contribution is -2.20. The average Bonchev–Trinajstić information content (AvgIpc) is 2.43. The molecule has 0 aliphatic carbocycles. The summed E-state index contributed by atoms with van der Waals surface area (Å²) in [6.07, 6.45) is 0. The van der Waals surface area contributed by atoms with Gasteiger partial charge < -0.3 is 20.1 Å². The second-order valence-electron chi connectivity index (χ2n) is 3.75. The van der Waals surface area contributed by atoms with Crippen LogP contribution >= 0.6 is 0 Å². The van der Waals surface area contributed by atoms with Crippen LogP contribution in [0.1, 0.15) is 10.4 Å². The van der Waals surface area contributed by atoms with Crippen molar-refractivity contribution < 1.29 is 19.1 Å². The van der Waals surface area contributed by atoms with Crippen molar-refractivity contribution in [3.8, 4) is 0 Å². The highest BCUT2D eigenvalue weighted by Gasteiger charge is 2.05. The van der Waals surface area contributed by atoms with Gasteiger partial charge in [-0.15, -0.1) is 0 Å². The molecule has 1 aromatic carbocycles. The zero-order valence-electron chi connectivity index (χ0n) is 11.1. The van der Waals surface area contributed by atoms with Gasteiger partial charge in [-0.2, -0.15) is 0 Å². The minimum atomic E-state index is -0.246. The minimum absolute atomic E-state index is 0.0272. The molecule has 0 aliphatic heterocycles. The van der Waals surface area contributed by atoms with Crippen molar-refractivity contribution in [1.82, 2.24) is 5.32 Å². The molecule has 0 radical (unpaired) electrons. The molecule has 0 bridgehead atoms. The molecule has 0 spiro atoms. The highest BCUT2D eigenvalue weighted by atomic mass is 16.5. The fourth-order valence-corrected chi connectivity index (χ4v) is 1.35. The molecule has 0 saturated carbocycles. The van der Waals surface area contributed by atoms with Gasteiger partial charge in [-0.1, -0.05) is 0 Å². The van der Waals surface area contributed by atoms with Crippen LogP contribution in [0.2, 0.25) is 0 Å². The average molecular weight is 266 g/mol. The Morgan fingerprint density at radius 1 is 1.16 bits per heavy atom. The van der Waals surface area contributed by atoms with Crippen LogP contribution < -0.4 is 10.6 Å². The molecule has 6 heteroatoms. The molecule has 0 atom stereocenters. The molecule has 2 N–H and O–H groups in total. The number of methoxy groups -OCH3 is 1. The maximum Gasteiger partial charge on any atom is 0.251 e. The first-order valence-corrected chi connectivity index (χ1v) is 5.86. The third kappa shape index (κ3) is 5.50. The summed E-state index contributed by atoms with van der Waals surface area (Å²) in [6, 6.07) is 6.61. The summed E-state index contributed by atoms with van der Waals surface area (Å²) in [7, 11) is 3.13. The standard InChI is InChI=1S/C13H18N2O4/c1-14-13(17)10-3-5-11(6-4-10)15-12(16)9-19-8-7-18-2/h3-6H,7-9H2,1-2H3,(H,14,17)(H,15,16). The Kier molecular flexibility index (Phi) is 6.56. The van der Waals surface area contributed by atoms with Crippen LogP contribution in [0.4, 0.5) is 5.69 Å². The molecule has 0 aromatic heterocycles. The Morgan fingerprint density at radius 3 is 2.42 bits per heavy atom. The first-order valence-electron chi connectivity index (χ1n) is 5.86. The Hall–Kier alpha value is -1.92. The van der Waals surface area contributed by atoms with Gasteiger partial charge in [0.15, 0.2) is 0 Å². The number of anilines is 1. The van der Waals surface area contributed by atoms with E-state index in [4.69, 9.17) is 9.47 Å². The molecule has 0 saturated heterocycles. The summed E-state index contributed by atoms with van der Waals surface area (Å²) in [4.78, 5) is 22.8. The molecule has 0 unspecified atom stereocenters. The van der Waals surface area contributed by atoms with E-state index in [9.17, 15) is 9.59 Å². The van der Waals surface area contributed by atoms with Crippen LogP contribution in [0.25, 0.3) is 0 Å². The first-order chi connectivity index (χ1) is 9.17. The summed E-state index contributed by atoms with van der Waals surface area (Å²) in [5.41, 5.74) is 1.16. The fourth-order valence-electron chi connectivity index (χ4n) is 1.35. The highest BCUT2D eigenvalue weighted by molar-refractivity contribution is 5.95. The van der Waals surface area contributed by atoms with Gasteiger partial charge in [0.1, 0.15) is 6.61 Å². The van der Waals surface area contributed by atoms with E-state index in [0.29, 0.717) is 24.5 Å². The number of carbonyl (C=O) groups is 2. The Balaban J connectivity index is 2.40. The Bertz CT molecular complexity index is 417. The molecule has 0 aliphatic rings. The van der Waals surface area contributed by atoms with Gasteiger partial charge in [0.2, 0.25) is 5.91 Å². The Labute approximate surface area is 112 Å². The largest absolute Gasteiger partial charge is 0.382 e. The summed E-state index contributed by atoms with van der Waals surface area (Å²) in [5.74, 6) is -0.412.